The van der Waals surface area contributed by atoms with Crippen LogP contribution in [0.25, 0.3) is 5.69 Å². The minimum absolute atomic E-state index is 0.0479. The van der Waals surface area contributed by atoms with Gasteiger partial charge >= 0.3 is 5.97 Å². The molecule has 0 bridgehead atoms. The molecule has 10 heteroatoms. The minimum Gasteiger partial charge on any atom is -0.462 e. The van der Waals surface area contributed by atoms with Gasteiger partial charge in [-0.1, -0.05) is 6.07 Å². The van der Waals surface area contributed by atoms with Crippen LogP contribution in [-0.4, -0.2) is 33.1 Å². The number of thiophene rings is 1. The average molecular weight is 399 g/mol. The van der Waals surface area contributed by atoms with Crippen LogP contribution in [0.15, 0.2) is 52.6 Å². The summed E-state index contributed by atoms with van der Waals surface area (Å²) in [6.45, 7) is 1.64. The number of carbonyl (C=O) groups excluding carboxylic acids is 2. The van der Waals surface area contributed by atoms with Crippen molar-refractivity contribution in [3.63, 3.8) is 0 Å². The molecule has 2 heterocycles. The molecule has 2 aromatic heterocycles. The normalized spacial score (nSPS) is 10.5. The zero-order chi connectivity index (χ0) is 20.3. The van der Waals surface area contributed by atoms with Gasteiger partial charge in [0.25, 0.3) is 11.2 Å². The number of nitro benzene ring substituents is 1. The van der Waals surface area contributed by atoms with Gasteiger partial charge in [0.1, 0.15) is 11.3 Å². The van der Waals surface area contributed by atoms with E-state index in [-0.39, 0.29) is 29.2 Å². The molecular weight excluding hydrogens is 386 g/mol. The van der Waals surface area contributed by atoms with Gasteiger partial charge in [-0.25, -0.2) is 4.79 Å². The number of ether oxygens (including phenoxy) is 1. The molecule has 28 heavy (non-hydrogen) atoms. The first kappa shape index (κ1) is 19.1. The second-order valence-corrected chi connectivity index (χ2v) is 6.41. The number of benzene rings is 1. The maximum atomic E-state index is 12.7. The lowest BCUT2D eigenvalue weighted by atomic mass is 10.2. The Morgan fingerprint density at radius 2 is 1.96 bits per heavy atom. The number of rotatable bonds is 6. The highest BCUT2D eigenvalue weighted by Gasteiger charge is 2.22. The Balaban J connectivity index is 2.17. The lowest BCUT2D eigenvalue weighted by molar-refractivity contribution is -0.384. The Morgan fingerprint density at radius 1 is 1.25 bits per heavy atom. The Kier molecular flexibility index (Phi) is 5.41. The zero-order valence-corrected chi connectivity index (χ0v) is 15.3. The molecule has 3 aromatic rings. The van der Waals surface area contributed by atoms with Gasteiger partial charge in [0.2, 0.25) is 5.78 Å². The number of ketones is 1. The molecule has 0 amide bonds. The molecule has 0 saturated heterocycles. The maximum Gasteiger partial charge on any atom is 0.343 e. The van der Waals surface area contributed by atoms with Gasteiger partial charge in [-0.2, -0.15) is 9.78 Å². The van der Waals surface area contributed by atoms with E-state index in [0.717, 1.165) is 10.7 Å². The van der Waals surface area contributed by atoms with Crippen LogP contribution in [0.5, 0.6) is 0 Å². The van der Waals surface area contributed by atoms with Crippen LogP contribution < -0.4 is 5.56 Å². The summed E-state index contributed by atoms with van der Waals surface area (Å²) in [5.41, 5.74) is -1.27. The Morgan fingerprint density at radius 3 is 2.54 bits per heavy atom. The van der Waals surface area contributed by atoms with Crippen molar-refractivity contribution in [3.05, 3.63) is 84.4 Å². The topological polar surface area (TPSA) is 121 Å². The van der Waals surface area contributed by atoms with Gasteiger partial charge in [0, 0.05) is 12.1 Å². The fourth-order valence-corrected chi connectivity index (χ4v) is 3.06. The van der Waals surface area contributed by atoms with Crippen LogP contribution in [0, 0.1) is 10.1 Å². The molecule has 0 aliphatic heterocycles. The number of nitro groups is 1. The average Bonchev–Trinajstić information content (AvgIpc) is 3.22. The molecule has 1 aromatic carbocycles. The third-order valence-electron chi connectivity index (χ3n) is 3.69. The van der Waals surface area contributed by atoms with Crippen molar-refractivity contribution in [1.29, 1.82) is 0 Å². The molecule has 0 aliphatic carbocycles. The second kappa shape index (κ2) is 7.92. The fourth-order valence-electron chi connectivity index (χ4n) is 2.39. The standard InChI is InChI=1S/C18H13N3O6S/c1-2-27-18(24)13-10-14(16(22)15-4-3-9-28-15)19-20(17(13)23)11-5-7-12(8-6-11)21(25)26/h3-10H,2H2,1H3. The summed E-state index contributed by atoms with van der Waals surface area (Å²) in [5, 5.41) is 16.6. The summed E-state index contributed by atoms with van der Waals surface area (Å²) in [4.78, 5) is 48.2. The van der Waals surface area contributed by atoms with Crippen molar-refractivity contribution in [2.45, 2.75) is 6.92 Å². The van der Waals surface area contributed by atoms with E-state index < -0.39 is 22.2 Å². The number of non-ortho nitro benzene ring substituents is 1. The Labute approximate surface area is 162 Å². The van der Waals surface area contributed by atoms with Crippen LogP contribution in [0.4, 0.5) is 5.69 Å². The van der Waals surface area contributed by atoms with Gasteiger partial charge in [-0.05, 0) is 36.6 Å². The quantitative estimate of drug-likeness (QED) is 0.270. The van der Waals surface area contributed by atoms with Crippen molar-refractivity contribution < 1.29 is 19.2 Å². The first-order valence-corrected chi connectivity index (χ1v) is 8.95. The second-order valence-electron chi connectivity index (χ2n) is 5.46. The lowest BCUT2D eigenvalue weighted by Crippen LogP contribution is -2.30. The highest BCUT2D eigenvalue weighted by molar-refractivity contribution is 7.12. The number of hydrogen-bond donors (Lipinski definition) is 0. The molecule has 3 rings (SSSR count). The highest BCUT2D eigenvalue weighted by Crippen LogP contribution is 2.17. The van der Waals surface area contributed by atoms with Crippen LogP contribution in [0.3, 0.4) is 0 Å². The minimum atomic E-state index is -0.884. The van der Waals surface area contributed by atoms with E-state index in [4.69, 9.17) is 4.74 Å². The molecule has 0 N–H and O–H groups in total. The summed E-state index contributed by atoms with van der Waals surface area (Å²) in [7, 11) is 0. The fraction of sp³-hybridized carbons (Fsp3) is 0.111. The number of hydrogen-bond acceptors (Lipinski definition) is 8. The van der Waals surface area contributed by atoms with Crippen LogP contribution in [0.1, 0.15) is 32.6 Å². The molecule has 0 atom stereocenters. The first-order chi connectivity index (χ1) is 13.4. The van der Waals surface area contributed by atoms with Gasteiger partial charge in [-0.3, -0.25) is 19.7 Å². The first-order valence-electron chi connectivity index (χ1n) is 8.07. The third kappa shape index (κ3) is 3.71. The SMILES string of the molecule is CCOC(=O)c1cc(C(=O)c2cccs2)nn(-c2ccc([N+](=O)[O-])cc2)c1=O. The molecule has 9 nitrogen and oxygen atoms in total. The third-order valence-corrected chi connectivity index (χ3v) is 4.56. The van der Waals surface area contributed by atoms with Crippen LogP contribution >= 0.6 is 11.3 Å². The van der Waals surface area contributed by atoms with E-state index in [0.29, 0.717) is 4.88 Å². The van der Waals surface area contributed by atoms with Crippen LogP contribution in [0.2, 0.25) is 0 Å². The van der Waals surface area contributed by atoms with E-state index in [9.17, 15) is 24.5 Å². The summed E-state index contributed by atoms with van der Waals surface area (Å²) in [5.74, 6) is -1.35. The van der Waals surface area contributed by atoms with E-state index in [1.165, 1.54) is 35.6 Å². The predicted molar refractivity (Wildman–Crippen MR) is 100 cm³/mol. The summed E-state index contributed by atoms with van der Waals surface area (Å²) in [6, 6.07) is 9.39. The molecule has 0 aliphatic rings. The number of carbonyl (C=O) groups is 2. The summed E-state index contributed by atoms with van der Waals surface area (Å²) < 4.78 is 5.76. The monoisotopic (exact) mass is 399 g/mol. The van der Waals surface area contributed by atoms with E-state index in [1.54, 1.807) is 24.4 Å². The van der Waals surface area contributed by atoms with Crippen molar-refractivity contribution >= 4 is 28.8 Å². The van der Waals surface area contributed by atoms with E-state index in [2.05, 4.69) is 5.10 Å². The number of nitrogens with zero attached hydrogens (tertiary/aromatic N) is 3. The number of esters is 1. The van der Waals surface area contributed by atoms with E-state index in [1.807, 2.05) is 0 Å². The molecule has 0 radical (unpaired) electrons. The summed E-state index contributed by atoms with van der Waals surface area (Å²) >= 11 is 1.19. The van der Waals surface area contributed by atoms with Gasteiger partial charge in [0.15, 0.2) is 0 Å². The van der Waals surface area contributed by atoms with Crippen molar-refractivity contribution in [3.8, 4) is 5.69 Å². The van der Waals surface area contributed by atoms with Crippen molar-refractivity contribution in [2.75, 3.05) is 6.61 Å². The smallest absolute Gasteiger partial charge is 0.343 e. The molecule has 0 saturated carbocycles. The molecule has 142 valence electrons. The maximum absolute atomic E-state index is 12.7. The van der Waals surface area contributed by atoms with E-state index >= 15 is 0 Å². The largest absolute Gasteiger partial charge is 0.462 e. The van der Waals surface area contributed by atoms with Crippen LogP contribution in [-0.2, 0) is 4.74 Å². The van der Waals surface area contributed by atoms with Gasteiger partial charge in [0.05, 0.1) is 22.1 Å². The Hall–Kier alpha value is -3.66. The Bertz CT molecular complexity index is 1100. The van der Waals surface area contributed by atoms with Gasteiger partial charge in [-0.15, -0.1) is 11.3 Å². The molecule has 0 unspecified atom stereocenters. The lowest BCUT2D eigenvalue weighted by Gasteiger charge is -2.09. The zero-order valence-electron chi connectivity index (χ0n) is 14.5. The van der Waals surface area contributed by atoms with Crippen molar-refractivity contribution in [1.82, 2.24) is 9.78 Å². The molecule has 0 spiro atoms. The predicted octanol–water partition coefficient (Wildman–Crippen LogP) is 2.61. The summed E-state index contributed by atoms with van der Waals surface area (Å²) in [6.07, 6.45) is 0. The molecular formula is C18H13N3O6S. The number of aromatic nitrogens is 2. The highest BCUT2D eigenvalue weighted by atomic mass is 32.1. The van der Waals surface area contributed by atoms with Gasteiger partial charge < -0.3 is 4.74 Å². The molecule has 0 fully saturated rings. The van der Waals surface area contributed by atoms with Crippen molar-refractivity contribution in [2.24, 2.45) is 0 Å².